The fourth-order valence-electron chi connectivity index (χ4n) is 2.10. The molecule has 0 amide bonds. The molecular formula is C18H22LiN. The Bertz CT molecular complexity index is 529. The smallest absolute Gasteiger partial charge is 0.372 e. The first kappa shape index (κ1) is 16.9. The van der Waals surface area contributed by atoms with E-state index < -0.39 is 0 Å². The third-order valence-corrected chi connectivity index (χ3v) is 3.33. The summed E-state index contributed by atoms with van der Waals surface area (Å²) in [5, 5.41) is 0. The van der Waals surface area contributed by atoms with Crippen LogP contribution in [0.4, 0.5) is 5.69 Å². The summed E-state index contributed by atoms with van der Waals surface area (Å²) in [6.07, 6.45) is 0. The number of rotatable bonds is 3. The van der Waals surface area contributed by atoms with Crippen LogP contribution in [0.25, 0.3) is 0 Å². The third-order valence-electron chi connectivity index (χ3n) is 3.33. The average molecular weight is 259 g/mol. The summed E-state index contributed by atoms with van der Waals surface area (Å²) in [4.78, 5) is 2.25. The molecule has 0 N–H and O–H groups in total. The molecule has 100 valence electrons. The number of benzene rings is 2. The van der Waals surface area contributed by atoms with Crippen LogP contribution in [0.15, 0.2) is 48.5 Å². The van der Waals surface area contributed by atoms with E-state index in [1.807, 2.05) is 12.1 Å². The Hall–Kier alpha value is -1.16. The third kappa shape index (κ3) is 4.44. The van der Waals surface area contributed by atoms with E-state index in [4.69, 9.17) is 0 Å². The van der Waals surface area contributed by atoms with Crippen LogP contribution in [0.2, 0.25) is 0 Å². The zero-order valence-corrected chi connectivity index (χ0v) is 13.3. The van der Waals surface area contributed by atoms with Crippen molar-refractivity contribution >= 4 is 5.69 Å². The molecule has 2 heteroatoms. The molecule has 0 bridgehead atoms. The monoisotopic (exact) mass is 259 g/mol. The van der Waals surface area contributed by atoms with Crippen LogP contribution in [-0.4, -0.2) is 7.05 Å². The Kier molecular flexibility index (Phi) is 5.93. The number of nitrogens with zero attached hydrogens (tertiary/aromatic N) is 1. The number of para-hydroxylation sites is 1. The predicted molar refractivity (Wildman–Crippen MR) is 82.5 cm³/mol. The molecule has 0 saturated carbocycles. The molecule has 20 heavy (non-hydrogen) atoms. The van der Waals surface area contributed by atoms with Gasteiger partial charge in [0.25, 0.3) is 0 Å². The van der Waals surface area contributed by atoms with E-state index in [9.17, 15) is 0 Å². The zero-order valence-electron chi connectivity index (χ0n) is 13.3. The summed E-state index contributed by atoms with van der Waals surface area (Å²) >= 11 is 0. The molecule has 0 unspecified atom stereocenters. The van der Waals surface area contributed by atoms with Gasteiger partial charge in [-0.1, -0.05) is 39.0 Å². The minimum absolute atomic E-state index is 0. The van der Waals surface area contributed by atoms with Crippen molar-refractivity contribution in [2.75, 3.05) is 11.9 Å². The van der Waals surface area contributed by atoms with Crippen LogP contribution < -0.4 is 23.8 Å². The summed E-state index contributed by atoms with van der Waals surface area (Å²) in [5.74, 6) is 0. The summed E-state index contributed by atoms with van der Waals surface area (Å²) in [6.45, 7) is 7.61. The molecule has 0 saturated heterocycles. The Morgan fingerprint density at radius 1 is 1.05 bits per heavy atom. The van der Waals surface area contributed by atoms with E-state index in [-0.39, 0.29) is 24.3 Å². The summed E-state index contributed by atoms with van der Waals surface area (Å²) in [5.41, 5.74) is 4.02. The van der Waals surface area contributed by atoms with Gasteiger partial charge >= 0.3 is 18.9 Å². The maximum atomic E-state index is 3.34. The largest absolute Gasteiger partial charge is 1.00 e. The normalized spacial score (nSPS) is 10.8. The van der Waals surface area contributed by atoms with Crippen molar-refractivity contribution < 1.29 is 18.9 Å². The van der Waals surface area contributed by atoms with Gasteiger partial charge in [-0.05, 0) is 17.5 Å². The molecular weight excluding hydrogens is 237 g/mol. The second-order valence-electron chi connectivity index (χ2n) is 6.04. The van der Waals surface area contributed by atoms with E-state index in [1.165, 1.54) is 16.8 Å². The van der Waals surface area contributed by atoms with E-state index in [1.54, 1.807) is 0 Å². The van der Waals surface area contributed by atoms with E-state index in [0.29, 0.717) is 0 Å². The molecule has 0 spiro atoms. The Morgan fingerprint density at radius 3 is 2.30 bits per heavy atom. The minimum Gasteiger partial charge on any atom is -0.372 e. The van der Waals surface area contributed by atoms with Gasteiger partial charge in [0, 0.05) is 19.3 Å². The molecule has 0 aliphatic rings. The van der Waals surface area contributed by atoms with Gasteiger partial charge in [0.1, 0.15) is 0 Å². The molecule has 2 aromatic carbocycles. The maximum Gasteiger partial charge on any atom is 1.00 e. The first-order chi connectivity index (χ1) is 8.97. The summed E-state index contributed by atoms with van der Waals surface area (Å²) in [6, 6.07) is 20.2. The van der Waals surface area contributed by atoms with Gasteiger partial charge in [0.05, 0.1) is 0 Å². The first-order valence-electron chi connectivity index (χ1n) is 6.74. The summed E-state index contributed by atoms with van der Waals surface area (Å²) in [7, 11) is 2.12. The quantitative estimate of drug-likeness (QED) is 0.595. The van der Waals surface area contributed by atoms with Gasteiger partial charge < -0.3 is 4.90 Å². The molecule has 0 fully saturated rings. The minimum atomic E-state index is 0. The van der Waals surface area contributed by atoms with Gasteiger partial charge in [0.2, 0.25) is 0 Å². The van der Waals surface area contributed by atoms with Gasteiger partial charge in [-0.15, -0.1) is 5.56 Å². The predicted octanol–water partition coefficient (Wildman–Crippen LogP) is 1.42. The first-order valence-corrected chi connectivity index (χ1v) is 6.74. The van der Waals surface area contributed by atoms with Crippen molar-refractivity contribution in [2.45, 2.75) is 32.7 Å². The van der Waals surface area contributed by atoms with Crippen molar-refractivity contribution in [3.05, 3.63) is 65.7 Å². The second kappa shape index (κ2) is 7.02. The topological polar surface area (TPSA) is 3.24 Å². The number of hydrogen-bond donors (Lipinski definition) is 0. The molecule has 1 nitrogen and oxygen atoms in total. The van der Waals surface area contributed by atoms with Crippen LogP contribution in [0, 0.1) is 6.07 Å². The number of anilines is 1. The molecule has 0 heterocycles. The average Bonchev–Trinajstić information content (AvgIpc) is 2.39. The van der Waals surface area contributed by atoms with Crippen LogP contribution in [0.5, 0.6) is 0 Å². The van der Waals surface area contributed by atoms with E-state index >= 15 is 0 Å². The molecule has 0 radical (unpaired) electrons. The van der Waals surface area contributed by atoms with Crippen LogP contribution in [0.3, 0.4) is 0 Å². The molecule has 0 aliphatic heterocycles. The second-order valence-corrected chi connectivity index (χ2v) is 6.04. The van der Waals surface area contributed by atoms with Crippen molar-refractivity contribution in [1.82, 2.24) is 0 Å². The van der Waals surface area contributed by atoms with Crippen LogP contribution in [-0.2, 0) is 12.0 Å². The number of hydrogen-bond acceptors (Lipinski definition) is 1. The zero-order chi connectivity index (χ0) is 13.9. The van der Waals surface area contributed by atoms with Gasteiger partial charge in [0.15, 0.2) is 0 Å². The fourth-order valence-corrected chi connectivity index (χ4v) is 2.10. The van der Waals surface area contributed by atoms with Crippen LogP contribution >= 0.6 is 0 Å². The van der Waals surface area contributed by atoms with Crippen LogP contribution in [0.1, 0.15) is 31.9 Å². The van der Waals surface area contributed by atoms with Gasteiger partial charge in [-0.2, -0.15) is 29.8 Å². The van der Waals surface area contributed by atoms with E-state index in [0.717, 1.165) is 6.54 Å². The molecule has 2 rings (SSSR count). The summed E-state index contributed by atoms with van der Waals surface area (Å²) < 4.78 is 0. The Morgan fingerprint density at radius 2 is 1.70 bits per heavy atom. The van der Waals surface area contributed by atoms with Crippen molar-refractivity contribution in [3.8, 4) is 0 Å². The standard InChI is InChI=1S/C18H22N.Li/c1-18(2,3)16-10-8-9-15(13-16)14-19(4)17-11-6-5-7-12-17;/h5-8,10-13H,14H2,1-4H3;/q-1;+1. The maximum absolute atomic E-state index is 3.34. The molecule has 0 aromatic heterocycles. The van der Waals surface area contributed by atoms with Crippen molar-refractivity contribution in [2.24, 2.45) is 0 Å². The molecule has 2 aromatic rings. The van der Waals surface area contributed by atoms with Crippen molar-refractivity contribution in [1.29, 1.82) is 0 Å². The Labute approximate surface area is 135 Å². The Balaban J connectivity index is 0.00000200. The van der Waals surface area contributed by atoms with Gasteiger partial charge in [-0.25, -0.2) is 0 Å². The molecule has 0 aliphatic carbocycles. The fraction of sp³-hybridized carbons (Fsp3) is 0.333. The molecule has 0 atom stereocenters. The van der Waals surface area contributed by atoms with Gasteiger partial charge in [-0.3, -0.25) is 0 Å². The van der Waals surface area contributed by atoms with Crippen molar-refractivity contribution in [3.63, 3.8) is 0 Å². The SMILES string of the molecule is CN(Cc1[c-]ccc(C(C)(C)C)c1)c1ccccc1.[Li+]. The van der Waals surface area contributed by atoms with E-state index in [2.05, 4.69) is 75.2 Å².